The minimum absolute atomic E-state index is 0.145. The van der Waals surface area contributed by atoms with Crippen LogP contribution in [0, 0.1) is 5.92 Å². The van der Waals surface area contributed by atoms with E-state index >= 15 is 0 Å². The predicted molar refractivity (Wildman–Crippen MR) is 133 cm³/mol. The molecule has 4 aromatic rings. The van der Waals surface area contributed by atoms with Gasteiger partial charge in [0.25, 0.3) is 0 Å². The van der Waals surface area contributed by atoms with Crippen LogP contribution in [0.4, 0.5) is 11.5 Å². The van der Waals surface area contributed by atoms with Gasteiger partial charge >= 0.3 is 5.69 Å². The van der Waals surface area contributed by atoms with E-state index in [1.54, 1.807) is 33.5 Å². The Morgan fingerprint density at radius 2 is 2.00 bits per heavy atom. The van der Waals surface area contributed by atoms with Crippen molar-refractivity contribution < 1.29 is 4.79 Å². The Bertz CT molecular complexity index is 1400. The third-order valence-electron chi connectivity index (χ3n) is 6.32. The van der Waals surface area contributed by atoms with Crippen LogP contribution >= 0.6 is 0 Å². The molecule has 0 spiro atoms. The van der Waals surface area contributed by atoms with Gasteiger partial charge in [-0.15, -0.1) is 0 Å². The van der Waals surface area contributed by atoms with E-state index in [0.717, 1.165) is 41.5 Å². The van der Waals surface area contributed by atoms with E-state index in [-0.39, 0.29) is 17.5 Å². The zero-order valence-corrected chi connectivity index (χ0v) is 19.4. The monoisotopic (exact) mass is 456 g/mol. The van der Waals surface area contributed by atoms with Gasteiger partial charge in [-0.3, -0.25) is 13.9 Å². The summed E-state index contributed by atoms with van der Waals surface area (Å²) >= 11 is 0. The zero-order chi connectivity index (χ0) is 23.7. The number of hydrogen-bond acceptors (Lipinski definition) is 5. The summed E-state index contributed by atoms with van der Waals surface area (Å²) in [4.78, 5) is 35.8. The Morgan fingerprint density at radius 1 is 1.15 bits per heavy atom. The fourth-order valence-corrected chi connectivity index (χ4v) is 4.09. The predicted octanol–water partition coefficient (Wildman–Crippen LogP) is 3.76. The maximum Gasteiger partial charge on any atom is 0.332 e. The van der Waals surface area contributed by atoms with Crippen molar-refractivity contribution >= 4 is 28.3 Å². The van der Waals surface area contributed by atoms with Gasteiger partial charge in [0.2, 0.25) is 5.91 Å². The molecular formula is C26H28N6O2. The van der Waals surface area contributed by atoms with Crippen LogP contribution in [-0.4, -0.2) is 43.5 Å². The number of carbonyl (C=O) groups excluding carboxylic acids is 1. The number of imidazole rings is 1. The zero-order valence-electron chi connectivity index (χ0n) is 19.4. The number of likely N-dealkylation sites (N-methyl/N-ethyl adjacent to an activating group) is 1. The van der Waals surface area contributed by atoms with Gasteiger partial charge in [0.1, 0.15) is 12.1 Å². The largest absolute Gasteiger partial charge is 0.344 e. The highest BCUT2D eigenvalue weighted by Gasteiger charge is 2.31. The molecule has 2 aromatic heterocycles. The molecule has 1 fully saturated rings. The first-order valence-corrected chi connectivity index (χ1v) is 11.7. The Labute approximate surface area is 197 Å². The number of carbonyl (C=O) groups is 1. The van der Waals surface area contributed by atoms with Crippen LogP contribution in [-0.2, 0) is 17.8 Å². The number of benzene rings is 2. The first-order valence-electron chi connectivity index (χ1n) is 11.7. The summed E-state index contributed by atoms with van der Waals surface area (Å²) in [5.41, 5.74) is 3.58. The quantitative estimate of drug-likeness (QED) is 0.436. The highest BCUT2D eigenvalue weighted by Crippen LogP contribution is 2.30. The van der Waals surface area contributed by atoms with Crippen molar-refractivity contribution in [3.63, 3.8) is 0 Å². The van der Waals surface area contributed by atoms with Crippen LogP contribution < -0.4 is 11.0 Å². The van der Waals surface area contributed by atoms with Gasteiger partial charge in [0.05, 0.1) is 11.2 Å². The maximum atomic E-state index is 13.1. The smallest absolute Gasteiger partial charge is 0.332 e. The lowest BCUT2D eigenvalue weighted by Crippen LogP contribution is -2.33. The van der Waals surface area contributed by atoms with E-state index < -0.39 is 0 Å². The average molecular weight is 457 g/mol. The molecule has 0 saturated heterocycles. The molecule has 1 amide bonds. The molecule has 5 rings (SSSR count). The van der Waals surface area contributed by atoms with Crippen molar-refractivity contribution in [1.82, 2.24) is 24.0 Å². The van der Waals surface area contributed by atoms with Crippen molar-refractivity contribution in [1.29, 1.82) is 0 Å². The number of nitrogens with zero attached hydrogens (tertiary/aromatic N) is 5. The fourth-order valence-electron chi connectivity index (χ4n) is 4.09. The summed E-state index contributed by atoms with van der Waals surface area (Å²) in [5, 5.41) is 4.23. The highest BCUT2D eigenvalue weighted by atomic mass is 16.2. The average Bonchev–Trinajstić information content (AvgIpc) is 3.65. The molecule has 0 atom stereocenters. The van der Waals surface area contributed by atoms with E-state index in [1.807, 2.05) is 30.3 Å². The molecule has 2 aromatic carbocycles. The second kappa shape index (κ2) is 9.13. The minimum atomic E-state index is -0.145. The Hall–Kier alpha value is -3.94. The summed E-state index contributed by atoms with van der Waals surface area (Å²) in [6.07, 6.45) is 7.97. The first kappa shape index (κ1) is 21.9. The molecule has 2 heterocycles. The van der Waals surface area contributed by atoms with Crippen LogP contribution in [0.1, 0.15) is 25.3 Å². The van der Waals surface area contributed by atoms with Crippen molar-refractivity contribution in [3.05, 3.63) is 77.2 Å². The molecule has 1 saturated carbocycles. The lowest BCUT2D eigenvalue weighted by atomic mass is 10.1. The third kappa shape index (κ3) is 4.44. The number of hydrogen-bond donors (Lipinski definition) is 1. The van der Waals surface area contributed by atoms with Gasteiger partial charge in [-0.1, -0.05) is 19.1 Å². The lowest BCUT2D eigenvalue weighted by Gasteiger charge is -2.16. The molecule has 174 valence electrons. The maximum absolute atomic E-state index is 13.1. The Morgan fingerprint density at radius 3 is 2.79 bits per heavy atom. The second-order valence-corrected chi connectivity index (χ2v) is 8.78. The van der Waals surface area contributed by atoms with Crippen LogP contribution in [0.25, 0.3) is 16.6 Å². The van der Waals surface area contributed by atoms with Gasteiger partial charge in [-0.05, 0) is 55.2 Å². The fraction of sp³-hybridized carbons (Fsp3) is 0.308. The van der Waals surface area contributed by atoms with E-state index in [2.05, 4.69) is 34.3 Å². The first-order chi connectivity index (χ1) is 16.5. The molecule has 0 bridgehead atoms. The number of rotatable bonds is 8. The summed E-state index contributed by atoms with van der Waals surface area (Å²) in [6.45, 7) is 3.09. The molecule has 0 aliphatic heterocycles. The Kier molecular flexibility index (Phi) is 5.88. The molecule has 34 heavy (non-hydrogen) atoms. The molecular weight excluding hydrogens is 428 g/mol. The van der Waals surface area contributed by atoms with Gasteiger partial charge in [-0.25, -0.2) is 14.8 Å². The Balaban J connectivity index is 1.40. The summed E-state index contributed by atoms with van der Waals surface area (Å²) in [7, 11) is 1.80. The number of fused-ring (bicyclic) bond motifs is 1. The number of aromatic nitrogens is 4. The van der Waals surface area contributed by atoms with E-state index in [0.29, 0.717) is 18.9 Å². The van der Waals surface area contributed by atoms with Crippen molar-refractivity contribution in [2.24, 2.45) is 5.92 Å². The summed E-state index contributed by atoms with van der Waals surface area (Å²) in [5.74, 6) is 1.04. The van der Waals surface area contributed by atoms with Gasteiger partial charge < -0.3 is 10.2 Å². The van der Waals surface area contributed by atoms with Crippen molar-refractivity contribution in [2.45, 2.75) is 32.7 Å². The van der Waals surface area contributed by atoms with E-state index in [4.69, 9.17) is 0 Å². The van der Waals surface area contributed by atoms with E-state index in [9.17, 15) is 9.59 Å². The molecule has 1 N–H and O–H groups in total. The molecule has 0 unspecified atom stereocenters. The topological polar surface area (TPSA) is 85.1 Å². The number of aryl methyl sites for hydroxylation is 1. The lowest BCUT2D eigenvalue weighted by molar-refractivity contribution is -0.131. The van der Waals surface area contributed by atoms with E-state index in [1.165, 1.54) is 11.9 Å². The molecule has 1 aliphatic rings. The van der Waals surface area contributed by atoms with Crippen LogP contribution in [0.2, 0.25) is 0 Å². The minimum Gasteiger partial charge on any atom is -0.344 e. The van der Waals surface area contributed by atoms with Gasteiger partial charge in [-0.2, -0.15) is 0 Å². The number of nitrogens with one attached hydrogen (secondary N) is 1. The number of anilines is 2. The molecule has 1 aliphatic carbocycles. The summed E-state index contributed by atoms with van der Waals surface area (Å²) < 4.78 is 3.24. The van der Waals surface area contributed by atoms with Crippen molar-refractivity contribution in [2.75, 3.05) is 18.9 Å². The SMILES string of the molecule is CCc1cccc(Nc2ncnc3ccc(-n4ccn(CCN(C)C(=O)C5CC5)c4=O)cc23)c1. The standard InChI is InChI=1S/C26H28N6O2/c1-3-18-5-4-6-20(15-18)29-24-22-16-21(9-10-23(22)27-17-28-24)32-14-13-31(26(32)34)12-11-30(2)25(33)19-7-8-19/h4-6,9-10,13-17,19H,3,7-8,11-12H2,1-2H3,(H,27,28,29). The van der Waals surface area contributed by atoms with Gasteiger partial charge in [0, 0.05) is 49.5 Å². The summed E-state index contributed by atoms with van der Waals surface area (Å²) in [6, 6.07) is 13.9. The second-order valence-electron chi connectivity index (χ2n) is 8.78. The normalized spacial score (nSPS) is 13.2. The molecule has 8 nitrogen and oxygen atoms in total. The third-order valence-corrected chi connectivity index (χ3v) is 6.32. The number of amides is 1. The van der Waals surface area contributed by atoms with Gasteiger partial charge in [0.15, 0.2) is 0 Å². The highest BCUT2D eigenvalue weighted by molar-refractivity contribution is 5.92. The van der Waals surface area contributed by atoms with Crippen molar-refractivity contribution in [3.8, 4) is 5.69 Å². The van der Waals surface area contributed by atoms with Crippen LogP contribution in [0.5, 0.6) is 0 Å². The molecule has 0 radical (unpaired) electrons. The van der Waals surface area contributed by atoms with Crippen LogP contribution in [0.15, 0.2) is 66.0 Å². The molecule has 8 heteroatoms. The van der Waals surface area contributed by atoms with Crippen LogP contribution in [0.3, 0.4) is 0 Å².